The van der Waals surface area contributed by atoms with Crippen LogP contribution in [0.15, 0.2) is 103 Å². The molecule has 154 valence electrons. The average molecular weight is 410 g/mol. The summed E-state index contributed by atoms with van der Waals surface area (Å²) in [7, 11) is 0. The van der Waals surface area contributed by atoms with Crippen molar-refractivity contribution in [2.24, 2.45) is 0 Å². The lowest BCUT2D eigenvalue weighted by Gasteiger charge is -2.20. The van der Waals surface area contributed by atoms with Gasteiger partial charge in [-0.15, -0.1) is 0 Å². The molecule has 4 nitrogen and oxygen atoms in total. The molecule has 4 aromatic rings. The highest BCUT2D eigenvalue weighted by Crippen LogP contribution is 2.27. The van der Waals surface area contributed by atoms with Crippen molar-refractivity contribution in [2.45, 2.75) is 18.4 Å². The Morgan fingerprint density at radius 1 is 0.710 bits per heavy atom. The minimum absolute atomic E-state index is 0.0994. The maximum absolute atomic E-state index is 13.2. The third kappa shape index (κ3) is 4.81. The molecule has 0 saturated carbocycles. The fraction of sp³-hybridized carbons (Fsp3) is 0.111. The first-order chi connectivity index (χ1) is 15.1. The van der Waals surface area contributed by atoms with Gasteiger partial charge in [-0.25, -0.2) is 4.79 Å². The van der Waals surface area contributed by atoms with Crippen molar-refractivity contribution in [3.05, 3.63) is 120 Å². The molecule has 0 fully saturated rings. The molecular formula is C27H22O4. The molecule has 0 radical (unpaired) electrons. The van der Waals surface area contributed by atoms with Gasteiger partial charge in [0.15, 0.2) is 0 Å². The van der Waals surface area contributed by atoms with Crippen LogP contribution in [-0.2, 0) is 20.7 Å². The minimum atomic E-state index is -1.27. The van der Waals surface area contributed by atoms with E-state index in [1.165, 1.54) is 0 Å². The number of aliphatic carboxylic acids is 1. The van der Waals surface area contributed by atoms with Crippen LogP contribution < -0.4 is 0 Å². The fourth-order valence-corrected chi connectivity index (χ4v) is 3.72. The molecule has 0 saturated heterocycles. The monoisotopic (exact) mass is 410 g/mol. The van der Waals surface area contributed by atoms with Crippen LogP contribution in [0.4, 0.5) is 0 Å². The van der Waals surface area contributed by atoms with Gasteiger partial charge in [-0.2, -0.15) is 0 Å². The molecule has 0 bridgehead atoms. The van der Waals surface area contributed by atoms with E-state index in [0.717, 1.165) is 27.5 Å². The van der Waals surface area contributed by atoms with E-state index in [1.807, 2.05) is 103 Å². The van der Waals surface area contributed by atoms with E-state index in [1.54, 1.807) is 0 Å². The summed E-state index contributed by atoms with van der Waals surface area (Å²) in [6.45, 7) is 0. The topological polar surface area (TPSA) is 63.6 Å². The number of fused-ring (bicyclic) bond motifs is 1. The van der Waals surface area contributed by atoms with Gasteiger partial charge in [-0.1, -0.05) is 103 Å². The van der Waals surface area contributed by atoms with Crippen molar-refractivity contribution in [2.75, 3.05) is 0 Å². The van der Waals surface area contributed by atoms with Crippen LogP contribution in [0.1, 0.15) is 22.6 Å². The number of ether oxygens (including phenoxy) is 1. The summed E-state index contributed by atoms with van der Waals surface area (Å²) < 4.78 is 5.56. The van der Waals surface area contributed by atoms with Crippen LogP contribution in [0.5, 0.6) is 0 Å². The van der Waals surface area contributed by atoms with Crippen LogP contribution in [0.3, 0.4) is 0 Å². The van der Waals surface area contributed by atoms with Crippen molar-refractivity contribution in [1.29, 1.82) is 0 Å². The lowest BCUT2D eigenvalue weighted by Crippen LogP contribution is -2.31. The first kappa shape index (κ1) is 20.4. The summed E-state index contributed by atoms with van der Waals surface area (Å²) in [6.07, 6.45) is -1.18. The standard InChI is InChI=1S/C27H22O4/c28-26(29)24(18-19-15-16-20-9-7-8-14-23(20)17-19)31-27(30)25(21-10-3-1-4-11-21)22-12-5-2-6-13-22/h1-17,24-25H,18H2,(H,28,29)/t24-/m1/s1. The van der Waals surface area contributed by atoms with E-state index >= 15 is 0 Å². The smallest absolute Gasteiger partial charge is 0.345 e. The first-order valence-corrected chi connectivity index (χ1v) is 10.1. The number of hydrogen-bond donors (Lipinski definition) is 1. The number of esters is 1. The van der Waals surface area contributed by atoms with E-state index in [0.29, 0.717) is 0 Å². The minimum Gasteiger partial charge on any atom is -0.478 e. The summed E-state index contributed by atoms with van der Waals surface area (Å²) in [5.74, 6) is -2.44. The third-order valence-electron chi connectivity index (χ3n) is 5.27. The lowest BCUT2D eigenvalue weighted by atomic mass is 9.91. The van der Waals surface area contributed by atoms with Crippen LogP contribution in [0.2, 0.25) is 0 Å². The van der Waals surface area contributed by atoms with E-state index in [-0.39, 0.29) is 6.42 Å². The Labute approximate surface area is 180 Å². The SMILES string of the molecule is O=C(O[C@H](Cc1ccc2ccccc2c1)C(=O)O)C(c1ccccc1)c1ccccc1. The molecule has 0 unspecified atom stereocenters. The number of carbonyl (C=O) groups is 2. The van der Waals surface area contributed by atoms with Gasteiger partial charge in [0.2, 0.25) is 6.10 Å². The molecule has 0 aliphatic rings. The van der Waals surface area contributed by atoms with Crippen LogP contribution in [-0.4, -0.2) is 23.1 Å². The molecule has 0 aliphatic heterocycles. The molecule has 31 heavy (non-hydrogen) atoms. The highest BCUT2D eigenvalue weighted by Gasteiger charge is 2.30. The molecule has 4 rings (SSSR count). The van der Waals surface area contributed by atoms with Gasteiger partial charge in [0, 0.05) is 6.42 Å². The van der Waals surface area contributed by atoms with Crippen molar-refractivity contribution < 1.29 is 19.4 Å². The van der Waals surface area contributed by atoms with Gasteiger partial charge < -0.3 is 9.84 Å². The van der Waals surface area contributed by atoms with Gasteiger partial charge in [0.1, 0.15) is 5.92 Å². The second-order valence-corrected chi connectivity index (χ2v) is 7.40. The highest BCUT2D eigenvalue weighted by molar-refractivity contribution is 5.86. The van der Waals surface area contributed by atoms with E-state index < -0.39 is 24.0 Å². The van der Waals surface area contributed by atoms with E-state index in [9.17, 15) is 14.7 Å². The highest BCUT2D eigenvalue weighted by atomic mass is 16.6. The van der Waals surface area contributed by atoms with Gasteiger partial charge in [0.05, 0.1) is 0 Å². The quantitative estimate of drug-likeness (QED) is 0.425. The number of carboxylic acid groups (broad SMARTS) is 1. The molecule has 1 N–H and O–H groups in total. The van der Waals surface area contributed by atoms with Crippen LogP contribution in [0.25, 0.3) is 10.8 Å². The average Bonchev–Trinajstić information content (AvgIpc) is 2.80. The van der Waals surface area contributed by atoms with Gasteiger partial charge >= 0.3 is 11.9 Å². The molecule has 1 atom stereocenters. The Hall–Kier alpha value is -3.92. The van der Waals surface area contributed by atoms with Crippen molar-refractivity contribution in [3.8, 4) is 0 Å². The summed E-state index contributed by atoms with van der Waals surface area (Å²) in [5.41, 5.74) is 2.32. The first-order valence-electron chi connectivity index (χ1n) is 10.1. The Morgan fingerprint density at radius 3 is 1.84 bits per heavy atom. The predicted molar refractivity (Wildman–Crippen MR) is 120 cm³/mol. The molecule has 0 aliphatic carbocycles. The Kier molecular flexibility index (Phi) is 6.08. The normalized spacial score (nSPS) is 11.9. The number of hydrogen-bond acceptors (Lipinski definition) is 3. The fourth-order valence-electron chi connectivity index (χ4n) is 3.72. The molecule has 4 heteroatoms. The number of benzene rings is 4. The van der Waals surface area contributed by atoms with Crippen LogP contribution in [0, 0.1) is 0 Å². The van der Waals surface area contributed by atoms with Crippen LogP contribution >= 0.6 is 0 Å². The molecule has 0 amide bonds. The number of carboxylic acids is 1. The summed E-state index contributed by atoms with van der Waals surface area (Å²) in [6, 6.07) is 32.1. The third-order valence-corrected chi connectivity index (χ3v) is 5.27. The summed E-state index contributed by atoms with van der Waals surface area (Å²) in [4.78, 5) is 25.1. The Bertz CT molecular complexity index is 1150. The Morgan fingerprint density at radius 2 is 1.26 bits per heavy atom. The number of carbonyl (C=O) groups excluding carboxylic acids is 1. The zero-order chi connectivity index (χ0) is 21.6. The summed E-state index contributed by atoms with van der Waals surface area (Å²) >= 11 is 0. The van der Waals surface area contributed by atoms with Gasteiger partial charge in [0.25, 0.3) is 0 Å². The molecule has 0 aromatic heterocycles. The van der Waals surface area contributed by atoms with Gasteiger partial charge in [-0.05, 0) is 27.5 Å². The molecular weight excluding hydrogens is 388 g/mol. The maximum atomic E-state index is 13.2. The molecule has 0 spiro atoms. The lowest BCUT2D eigenvalue weighted by molar-refractivity contribution is -0.164. The zero-order valence-electron chi connectivity index (χ0n) is 16.8. The Balaban J connectivity index is 1.59. The maximum Gasteiger partial charge on any atom is 0.345 e. The zero-order valence-corrected chi connectivity index (χ0v) is 16.8. The summed E-state index contributed by atoms with van der Waals surface area (Å²) in [5, 5.41) is 11.8. The van der Waals surface area contributed by atoms with Crippen molar-refractivity contribution in [3.63, 3.8) is 0 Å². The van der Waals surface area contributed by atoms with E-state index in [4.69, 9.17) is 4.74 Å². The van der Waals surface area contributed by atoms with Crippen molar-refractivity contribution in [1.82, 2.24) is 0 Å². The van der Waals surface area contributed by atoms with Gasteiger partial charge in [-0.3, -0.25) is 4.79 Å². The predicted octanol–water partition coefficient (Wildman–Crippen LogP) is 5.21. The molecule has 4 aromatic carbocycles. The van der Waals surface area contributed by atoms with Crippen molar-refractivity contribution >= 4 is 22.7 Å². The second kappa shape index (κ2) is 9.26. The molecule has 0 heterocycles. The second-order valence-electron chi connectivity index (χ2n) is 7.40. The van der Waals surface area contributed by atoms with E-state index in [2.05, 4.69) is 0 Å². The largest absolute Gasteiger partial charge is 0.478 e. The number of rotatable bonds is 7.